The van der Waals surface area contributed by atoms with Gasteiger partial charge in [-0.25, -0.2) is 4.79 Å². The summed E-state index contributed by atoms with van der Waals surface area (Å²) in [6.07, 6.45) is 1.13. The average Bonchev–Trinajstić information content (AvgIpc) is 2.32. The summed E-state index contributed by atoms with van der Waals surface area (Å²) >= 11 is 0. The summed E-state index contributed by atoms with van der Waals surface area (Å²) in [4.78, 5) is 38.1. The van der Waals surface area contributed by atoms with Crippen LogP contribution in [0, 0.1) is 5.92 Å². The SMILES string of the molecule is CC1=CC(=O)N(OC(=O)C(C)C)C1=O. The smallest absolute Gasteiger partial charge is 0.330 e. The summed E-state index contributed by atoms with van der Waals surface area (Å²) in [5.74, 6) is -2.17. The first-order chi connectivity index (χ1) is 6.43. The van der Waals surface area contributed by atoms with E-state index in [1.165, 1.54) is 6.92 Å². The molecule has 0 aromatic rings. The van der Waals surface area contributed by atoms with Crippen molar-refractivity contribution in [2.45, 2.75) is 20.8 Å². The van der Waals surface area contributed by atoms with Gasteiger partial charge < -0.3 is 4.84 Å². The average molecular weight is 197 g/mol. The van der Waals surface area contributed by atoms with Crippen LogP contribution in [0.4, 0.5) is 0 Å². The number of nitrogens with zero attached hydrogens (tertiary/aromatic N) is 1. The number of rotatable bonds is 2. The molecule has 0 aromatic heterocycles. The van der Waals surface area contributed by atoms with Crippen molar-refractivity contribution in [1.82, 2.24) is 5.06 Å². The maximum absolute atomic E-state index is 11.2. The van der Waals surface area contributed by atoms with Gasteiger partial charge in [0.05, 0.1) is 5.92 Å². The van der Waals surface area contributed by atoms with Gasteiger partial charge in [0.2, 0.25) is 0 Å². The van der Waals surface area contributed by atoms with E-state index in [0.29, 0.717) is 5.06 Å². The predicted octanol–water partition coefficient (Wildman–Crippen LogP) is 0.416. The highest BCUT2D eigenvalue weighted by molar-refractivity contribution is 6.15. The van der Waals surface area contributed by atoms with Crippen LogP contribution in [0.5, 0.6) is 0 Å². The van der Waals surface area contributed by atoms with Gasteiger partial charge in [0.1, 0.15) is 0 Å². The first-order valence-electron chi connectivity index (χ1n) is 4.22. The van der Waals surface area contributed by atoms with Crippen molar-refractivity contribution in [3.05, 3.63) is 11.6 Å². The lowest BCUT2D eigenvalue weighted by atomic mass is 10.2. The number of carbonyl (C=O) groups is 3. The molecule has 5 nitrogen and oxygen atoms in total. The van der Waals surface area contributed by atoms with Gasteiger partial charge in [-0.15, -0.1) is 0 Å². The van der Waals surface area contributed by atoms with Gasteiger partial charge in [-0.2, -0.15) is 0 Å². The monoisotopic (exact) mass is 197 g/mol. The van der Waals surface area contributed by atoms with E-state index in [1.807, 2.05) is 0 Å². The molecule has 76 valence electrons. The molecule has 0 bridgehead atoms. The molecular weight excluding hydrogens is 186 g/mol. The maximum atomic E-state index is 11.2. The van der Waals surface area contributed by atoms with E-state index in [0.717, 1.165) is 6.08 Å². The fourth-order valence-corrected chi connectivity index (χ4v) is 0.848. The summed E-state index contributed by atoms with van der Waals surface area (Å²) < 4.78 is 0. The second kappa shape index (κ2) is 3.61. The van der Waals surface area contributed by atoms with Gasteiger partial charge in [-0.1, -0.05) is 18.9 Å². The van der Waals surface area contributed by atoms with E-state index in [9.17, 15) is 14.4 Å². The van der Waals surface area contributed by atoms with Crippen molar-refractivity contribution in [2.75, 3.05) is 0 Å². The Hall–Kier alpha value is -1.65. The maximum Gasteiger partial charge on any atom is 0.335 e. The first kappa shape index (κ1) is 10.4. The van der Waals surface area contributed by atoms with Gasteiger partial charge in [-0.05, 0) is 6.92 Å². The van der Waals surface area contributed by atoms with Crippen LogP contribution in [0.2, 0.25) is 0 Å². The van der Waals surface area contributed by atoms with E-state index >= 15 is 0 Å². The molecule has 0 aromatic carbocycles. The zero-order valence-electron chi connectivity index (χ0n) is 8.23. The Morgan fingerprint density at radius 3 is 2.36 bits per heavy atom. The Bertz CT molecular complexity index is 330. The molecular formula is C9H11NO4. The molecule has 1 aliphatic heterocycles. The Morgan fingerprint density at radius 2 is 2.00 bits per heavy atom. The molecule has 0 fully saturated rings. The molecule has 0 aliphatic carbocycles. The molecule has 0 radical (unpaired) electrons. The van der Waals surface area contributed by atoms with E-state index in [2.05, 4.69) is 4.84 Å². The summed E-state index contributed by atoms with van der Waals surface area (Å²) in [7, 11) is 0. The zero-order valence-corrected chi connectivity index (χ0v) is 8.23. The number of hydrogen-bond acceptors (Lipinski definition) is 4. The summed E-state index contributed by atoms with van der Waals surface area (Å²) in [6, 6.07) is 0. The van der Waals surface area contributed by atoms with Crippen LogP contribution < -0.4 is 0 Å². The minimum atomic E-state index is -0.610. The molecule has 1 heterocycles. The lowest BCUT2D eigenvalue weighted by Gasteiger charge is -2.14. The van der Waals surface area contributed by atoms with E-state index in [1.54, 1.807) is 13.8 Å². The van der Waals surface area contributed by atoms with E-state index in [-0.39, 0.29) is 11.5 Å². The topological polar surface area (TPSA) is 63.7 Å². The molecule has 1 rings (SSSR count). The Morgan fingerprint density at radius 1 is 1.43 bits per heavy atom. The number of amides is 2. The lowest BCUT2D eigenvalue weighted by molar-refractivity contribution is -0.198. The number of hydrogen-bond donors (Lipinski definition) is 0. The standard InChI is InChI=1S/C9H11NO4/c1-5(2)9(13)14-10-7(11)4-6(3)8(10)12/h4-5H,1-3H3. The molecule has 0 atom stereocenters. The van der Waals surface area contributed by atoms with Crippen LogP contribution in [0.25, 0.3) is 0 Å². The largest absolute Gasteiger partial charge is 0.335 e. The van der Waals surface area contributed by atoms with Crippen LogP contribution in [-0.2, 0) is 19.2 Å². The summed E-state index contributed by atoms with van der Waals surface area (Å²) in [5.41, 5.74) is 0.270. The number of carbonyl (C=O) groups excluding carboxylic acids is 3. The minimum Gasteiger partial charge on any atom is -0.330 e. The molecule has 14 heavy (non-hydrogen) atoms. The highest BCUT2D eigenvalue weighted by Gasteiger charge is 2.32. The molecule has 0 saturated carbocycles. The highest BCUT2D eigenvalue weighted by Crippen LogP contribution is 2.13. The Balaban J connectivity index is 2.69. The number of hydroxylamine groups is 2. The Labute approximate surface area is 81.3 Å². The third-order valence-corrected chi connectivity index (χ3v) is 1.71. The summed E-state index contributed by atoms with van der Waals surface area (Å²) in [6.45, 7) is 4.73. The normalized spacial score (nSPS) is 16.3. The quantitative estimate of drug-likeness (QED) is 0.601. The van der Waals surface area contributed by atoms with Gasteiger partial charge in [-0.3, -0.25) is 9.59 Å². The molecule has 2 amide bonds. The van der Waals surface area contributed by atoms with E-state index < -0.39 is 17.8 Å². The third kappa shape index (κ3) is 1.81. The van der Waals surface area contributed by atoms with Crippen LogP contribution in [-0.4, -0.2) is 22.8 Å². The molecule has 0 N–H and O–H groups in total. The van der Waals surface area contributed by atoms with Crippen molar-refractivity contribution in [3.63, 3.8) is 0 Å². The van der Waals surface area contributed by atoms with Crippen molar-refractivity contribution in [2.24, 2.45) is 5.92 Å². The second-order valence-electron chi connectivity index (χ2n) is 3.33. The molecule has 1 aliphatic rings. The van der Waals surface area contributed by atoms with Crippen molar-refractivity contribution < 1.29 is 19.2 Å². The third-order valence-electron chi connectivity index (χ3n) is 1.71. The predicted molar refractivity (Wildman–Crippen MR) is 46.5 cm³/mol. The van der Waals surface area contributed by atoms with Crippen LogP contribution in [0.3, 0.4) is 0 Å². The second-order valence-corrected chi connectivity index (χ2v) is 3.33. The van der Waals surface area contributed by atoms with Gasteiger partial charge in [0.25, 0.3) is 11.8 Å². The van der Waals surface area contributed by atoms with Gasteiger partial charge >= 0.3 is 5.97 Å². The van der Waals surface area contributed by atoms with Gasteiger partial charge in [0.15, 0.2) is 0 Å². The van der Waals surface area contributed by atoms with Crippen LogP contribution >= 0.6 is 0 Å². The van der Waals surface area contributed by atoms with Crippen molar-refractivity contribution in [3.8, 4) is 0 Å². The zero-order chi connectivity index (χ0) is 10.9. The number of imide groups is 1. The molecule has 5 heteroatoms. The fraction of sp³-hybridized carbons (Fsp3) is 0.444. The minimum absolute atomic E-state index is 0.270. The van der Waals surface area contributed by atoms with Gasteiger partial charge in [0, 0.05) is 11.6 Å². The summed E-state index contributed by atoms with van der Waals surface area (Å²) in [5, 5.41) is 0.484. The lowest BCUT2D eigenvalue weighted by Crippen LogP contribution is -2.34. The molecule has 0 spiro atoms. The van der Waals surface area contributed by atoms with Crippen LogP contribution in [0.15, 0.2) is 11.6 Å². The molecule has 0 unspecified atom stereocenters. The van der Waals surface area contributed by atoms with Crippen molar-refractivity contribution >= 4 is 17.8 Å². The highest BCUT2D eigenvalue weighted by atomic mass is 16.7. The molecule has 0 saturated heterocycles. The first-order valence-corrected chi connectivity index (χ1v) is 4.22. The van der Waals surface area contributed by atoms with Crippen LogP contribution in [0.1, 0.15) is 20.8 Å². The Kier molecular flexibility index (Phi) is 2.69. The van der Waals surface area contributed by atoms with Crippen molar-refractivity contribution in [1.29, 1.82) is 0 Å². The van der Waals surface area contributed by atoms with E-state index in [4.69, 9.17) is 0 Å². The fourth-order valence-electron chi connectivity index (χ4n) is 0.848.